The lowest BCUT2D eigenvalue weighted by molar-refractivity contribution is -0.146. The van der Waals surface area contributed by atoms with Crippen LogP contribution in [-0.2, 0) is 9.53 Å². The van der Waals surface area contributed by atoms with Crippen molar-refractivity contribution in [1.29, 1.82) is 0 Å². The Morgan fingerprint density at radius 2 is 2.24 bits per heavy atom. The lowest BCUT2D eigenvalue weighted by Gasteiger charge is -2.28. The van der Waals surface area contributed by atoms with Crippen molar-refractivity contribution in [1.82, 2.24) is 5.32 Å². The summed E-state index contributed by atoms with van der Waals surface area (Å²) < 4.78 is 4.77. The van der Waals surface area contributed by atoms with Gasteiger partial charge in [0, 0.05) is 12.6 Å². The quantitative estimate of drug-likeness (QED) is 0.796. The average molecular weight is 233 g/mol. The van der Waals surface area contributed by atoms with Crippen LogP contribution in [0.1, 0.15) is 30.0 Å². The van der Waals surface area contributed by atoms with Crippen molar-refractivity contribution < 1.29 is 9.53 Å². The third-order valence-electron chi connectivity index (χ3n) is 3.39. The molecule has 0 spiro atoms. The minimum atomic E-state index is -0.0970. The molecule has 1 saturated heterocycles. The predicted molar refractivity (Wildman–Crippen MR) is 66.7 cm³/mol. The summed E-state index contributed by atoms with van der Waals surface area (Å²) in [7, 11) is 1.45. The Labute approximate surface area is 102 Å². The smallest absolute Gasteiger partial charge is 0.309 e. The summed E-state index contributed by atoms with van der Waals surface area (Å²) in [6, 6.07) is 8.90. The molecule has 1 heterocycles. The van der Waals surface area contributed by atoms with Crippen molar-refractivity contribution in [3.8, 4) is 0 Å². The molecule has 3 heteroatoms. The fourth-order valence-electron chi connectivity index (χ4n) is 2.40. The largest absolute Gasteiger partial charge is 0.469 e. The first-order chi connectivity index (χ1) is 8.20. The molecular formula is C14H19NO2. The third-order valence-corrected chi connectivity index (χ3v) is 3.39. The Morgan fingerprint density at radius 3 is 2.82 bits per heavy atom. The summed E-state index contributed by atoms with van der Waals surface area (Å²) in [5, 5.41) is 3.43. The first-order valence-corrected chi connectivity index (χ1v) is 6.08. The maximum Gasteiger partial charge on any atom is 0.309 e. The Hall–Kier alpha value is -1.35. The van der Waals surface area contributed by atoms with Gasteiger partial charge in [-0.1, -0.05) is 29.8 Å². The number of piperidine rings is 1. The van der Waals surface area contributed by atoms with E-state index >= 15 is 0 Å². The van der Waals surface area contributed by atoms with E-state index in [9.17, 15) is 4.79 Å². The average Bonchev–Trinajstić information content (AvgIpc) is 2.38. The highest BCUT2D eigenvalue weighted by Gasteiger charge is 2.26. The summed E-state index contributed by atoms with van der Waals surface area (Å²) in [5.41, 5.74) is 2.59. The van der Waals surface area contributed by atoms with E-state index in [0.717, 1.165) is 12.8 Å². The minimum Gasteiger partial charge on any atom is -0.469 e. The first kappa shape index (κ1) is 12.1. The van der Waals surface area contributed by atoms with Crippen molar-refractivity contribution in [2.75, 3.05) is 13.7 Å². The number of ether oxygens (including phenoxy) is 1. The molecule has 1 fully saturated rings. The molecule has 1 aromatic carbocycles. The summed E-state index contributed by atoms with van der Waals surface area (Å²) >= 11 is 0. The molecule has 92 valence electrons. The number of hydrogen-bond donors (Lipinski definition) is 1. The van der Waals surface area contributed by atoms with Gasteiger partial charge in [0.05, 0.1) is 13.0 Å². The molecular weight excluding hydrogens is 214 g/mol. The molecule has 2 atom stereocenters. The van der Waals surface area contributed by atoms with Crippen LogP contribution in [0.25, 0.3) is 0 Å². The van der Waals surface area contributed by atoms with Crippen molar-refractivity contribution in [2.24, 2.45) is 5.92 Å². The van der Waals surface area contributed by atoms with Gasteiger partial charge in [0.2, 0.25) is 0 Å². The highest BCUT2D eigenvalue weighted by atomic mass is 16.5. The van der Waals surface area contributed by atoms with E-state index in [1.807, 2.05) is 0 Å². The van der Waals surface area contributed by atoms with Gasteiger partial charge in [-0.05, 0) is 25.3 Å². The van der Waals surface area contributed by atoms with Gasteiger partial charge in [-0.15, -0.1) is 0 Å². The van der Waals surface area contributed by atoms with Gasteiger partial charge in [-0.3, -0.25) is 4.79 Å². The lowest BCUT2D eigenvalue weighted by atomic mass is 9.90. The molecule has 0 radical (unpaired) electrons. The monoisotopic (exact) mass is 233 g/mol. The normalized spacial score (nSPS) is 24.4. The SMILES string of the molecule is COC(=O)C1CCC(c2cccc(C)c2)NC1. The Bertz CT molecular complexity index is 395. The fraction of sp³-hybridized carbons (Fsp3) is 0.500. The van der Waals surface area contributed by atoms with Crippen LogP contribution in [0.2, 0.25) is 0 Å². The van der Waals surface area contributed by atoms with Crippen LogP contribution in [0.5, 0.6) is 0 Å². The number of hydrogen-bond acceptors (Lipinski definition) is 3. The predicted octanol–water partition coefficient (Wildman–Crippen LogP) is 2.21. The van der Waals surface area contributed by atoms with E-state index in [4.69, 9.17) is 4.74 Å². The molecule has 3 nitrogen and oxygen atoms in total. The van der Waals surface area contributed by atoms with Gasteiger partial charge >= 0.3 is 5.97 Å². The zero-order valence-corrected chi connectivity index (χ0v) is 10.4. The molecule has 1 aliphatic rings. The van der Waals surface area contributed by atoms with Gasteiger partial charge in [0.25, 0.3) is 0 Å². The van der Waals surface area contributed by atoms with Crippen LogP contribution in [0, 0.1) is 12.8 Å². The van der Waals surface area contributed by atoms with Crippen LogP contribution >= 0.6 is 0 Å². The molecule has 0 amide bonds. The van der Waals surface area contributed by atoms with E-state index in [2.05, 4.69) is 36.5 Å². The second kappa shape index (κ2) is 5.32. The van der Waals surface area contributed by atoms with Crippen molar-refractivity contribution in [3.05, 3.63) is 35.4 Å². The molecule has 1 aliphatic heterocycles. The topological polar surface area (TPSA) is 38.3 Å². The van der Waals surface area contributed by atoms with Crippen LogP contribution < -0.4 is 5.32 Å². The van der Waals surface area contributed by atoms with Crippen LogP contribution in [0.15, 0.2) is 24.3 Å². The van der Waals surface area contributed by atoms with E-state index in [0.29, 0.717) is 12.6 Å². The van der Waals surface area contributed by atoms with Crippen molar-refractivity contribution in [2.45, 2.75) is 25.8 Å². The highest BCUT2D eigenvalue weighted by molar-refractivity contribution is 5.72. The number of benzene rings is 1. The Balaban J connectivity index is 1.97. The number of carbonyl (C=O) groups excluding carboxylic acids is 1. The number of methoxy groups -OCH3 is 1. The number of aryl methyl sites for hydroxylation is 1. The number of carbonyl (C=O) groups is 1. The molecule has 17 heavy (non-hydrogen) atoms. The maximum absolute atomic E-state index is 11.4. The van der Waals surface area contributed by atoms with Crippen molar-refractivity contribution in [3.63, 3.8) is 0 Å². The number of esters is 1. The molecule has 0 aliphatic carbocycles. The van der Waals surface area contributed by atoms with Crippen LogP contribution in [0.3, 0.4) is 0 Å². The van der Waals surface area contributed by atoms with Gasteiger partial charge < -0.3 is 10.1 Å². The Kier molecular flexibility index (Phi) is 3.79. The minimum absolute atomic E-state index is 0.0149. The summed E-state index contributed by atoms with van der Waals surface area (Å²) in [4.78, 5) is 11.4. The van der Waals surface area contributed by atoms with Crippen LogP contribution in [0.4, 0.5) is 0 Å². The van der Waals surface area contributed by atoms with Gasteiger partial charge in [0.1, 0.15) is 0 Å². The van der Waals surface area contributed by atoms with Gasteiger partial charge in [-0.2, -0.15) is 0 Å². The fourth-order valence-corrected chi connectivity index (χ4v) is 2.40. The third kappa shape index (κ3) is 2.86. The second-order valence-corrected chi connectivity index (χ2v) is 4.67. The molecule has 1 N–H and O–H groups in total. The molecule has 0 saturated carbocycles. The molecule has 1 aromatic rings. The number of nitrogens with one attached hydrogen (secondary N) is 1. The van der Waals surface area contributed by atoms with E-state index in [1.165, 1.54) is 18.2 Å². The molecule has 0 aromatic heterocycles. The summed E-state index contributed by atoms with van der Waals surface area (Å²) in [6.07, 6.45) is 1.89. The molecule has 2 rings (SSSR count). The van der Waals surface area contributed by atoms with E-state index < -0.39 is 0 Å². The highest BCUT2D eigenvalue weighted by Crippen LogP contribution is 2.26. The molecule has 0 bridgehead atoms. The first-order valence-electron chi connectivity index (χ1n) is 6.08. The van der Waals surface area contributed by atoms with Crippen LogP contribution in [-0.4, -0.2) is 19.6 Å². The van der Waals surface area contributed by atoms with E-state index in [1.54, 1.807) is 0 Å². The number of rotatable bonds is 2. The standard InChI is InChI=1S/C14H19NO2/c1-10-4-3-5-11(8-10)13-7-6-12(9-15-13)14(16)17-2/h3-5,8,12-13,15H,6-7,9H2,1-2H3. The summed E-state index contributed by atoms with van der Waals surface area (Å²) in [6.45, 7) is 2.81. The zero-order valence-electron chi connectivity index (χ0n) is 10.4. The second-order valence-electron chi connectivity index (χ2n) is 4.67. The zero-order chi connectivity index (χ0) is 12.3. The van der Waals surface area contributed by atoms with E-state index in [-0.39, 0.29) is 11.9 Å². The van der Waals surface area contributed by atoms with Gasteiger partial charge in [0.15, 0.2) is 0 Å². The maximum atomic E-state index is 11.4. The molecule has 2 unspecified atom stereocenters. The summed E-state index contributed by atoms with van der Waals surface area (Å²) in [5.74, 6) is -0.0822. The van der Waals surface area contributed by atoms with Crippen molar-refractivity contribution >= 4 is 5.97 Å². The Morgan fingerprint density at radius 1 is 1.41 bits per heavy atom. The lowest BCUT2D eigenvalue weighted by Crippen LogP contribution is -2.37. The van der Waals surface area contributed by atoms with Gasteiger partial charge in [-0.25, -0.2) is 0 Å².